The molecule has 4 aromatic rings. The van der Waals surface area contributed by atoms with E-state index in [0.717, 1.165) is 42.1 Å². The fourth-order valence-corrected chi connectivity index (χ4v) is 12.3. The molecule has 5 rings (SSSR count). The van der Waals surface area contributed by atoms with Crippen LogP contribution in [-0.2, 0) is 6.42 Å². The molecule has 3 aromatic carbocycles. The first-order valence-corrected chi connectivity index (χ1v) is 30.4. The second-order valence-electron chi connectivity index (χ2n) is 20.1. The molecule has 3 nitrogen and oxygen atoms in total. The first-order valence-electron chi connectivity index (χ1n) is 28.6. The largest absolute Gasteiger partial charge is 0.490 e. The highest BCUT2D eigenvalue weighted by Gasteiger charge is 2.18. The Morgan fingerprint density at radius 3 is 1.30 bits per heavy atom. The Kier molecular flexibility index (Phi) is 29.3. The van der Waals surface area contributed by atoms with Gasteiger partial charge in [-0.1, -0.05) is 231 Å². The van der Waals surface area contributed by atoms with E-state index in [4.69, 9.17) is 14.2 Å². The lowest BCUT2D eigenvalue weighted by atomic mass is 9.98. The van der Waals surface area contributed by atoms with Crippen molar-refractivity contribution in [1.82, 2.24) is 0 Å². The highest BCUT2D eigenvalue weighted by Crippen LogP contribution is 2.44. The predicted molar refractivity (Wildman–Crippen MR) is 298 cm³/mol. The number of aryl methyl sites for hydroxylation is 1. The summed E-state index contributed by atoms with van der Waals surface area (Å²) >= 11 is 4.08. The van der Waals surface area contributed by atoms with Crippen molar-refractivity contribution in [1.29, 1.82) is 0 Å². The van der Waals surface area contributed by atoms with Gasteiger partial charge in [0.05, 0.1) is 24.0 Å². The van der Waals surface area contributed by atoms with Gasteiger partial charge < -0.3 is 14.2 Å². The maximum atomic E-state index is 6.77. The van der Waals surface area contributed by atoms with E-state index in [-0.39, 0.29) is 0 Å². The quantitative estimate of drug-likeness (QED) is 0.0419. The molecule has 0 radical (unpaired) electrons. The van der Waals surface area contributed by atoms with E-state index in [2.05, 4.69) is 87.1 Å². The maximum absolute atomic E-state index is 6.77. The Labute approximate surface area is 420 Å². The molecule has 5 heteroatoms. The molecule has 374 valence electrons. The van der Waals surface area contributed by atoms with E-state index in [0.29, 0.717) is 19.8 Å². The molecule has 0 atom stereocenters. The van der Waals surface area contributed by atoms with E-state index < -0.39 is 0 Å². The molecule has 0 bridgehead atoms. The van der Waals surface area contributed by atoms with Crippen LogP contribution in [0.1, 0.15) is 245 Å². The van der Waals surface area contributed by atoms with E-state index in [9.17, 15) is 0 Å². The van der Waals surface area contributed by atoms with Crippen LogP contribution in [0, 0.1) is 0 Å². The number of thioether (sulfide) groups is 1. The van der Waals surface area contributed by atoms with Crippen molar-refractivity contribution in [3.05, 3.63) is 60.2 Å². The summed E-state index contributed by atoms with van der Waals surface area (Å²) in [6, 6.07) is 21.0. The van der Waals surface area contributed by atoms with Crippen LogP contribution >= 0.6 is 23.1 Å². The Bertz CT molecular complexity index is 1790. The van der Waals surface area contributed by atoms with Crippen molar-refractivity contribution >= 4 is 33.9 Å². The van der Waals surface area contributed by atoms with Crippen LogP contribution in [0.25, 0.3) is 32.3 Å². The minimum atomic E-state index is 0.698. The van der Waals surface area contributed by atoms with Crippen LogP contribution in [0.4, 0.5) is 0 Å². The Morgan fingerprint density at radius 1 is 0.388 bits per heavy atom. The maximum Gasteiger partial charge on any atom is 0.203 e. The molecular weight excluding hydrogens is 857 g/mol. The fraction of sp³-hybridized carbons (Fsp3) is 0.677. The Hall–Kier alpha value is -2.63. The molecule has 0 amide bonds. The second-order valence-corrected chi connectivity index (χ2v) is 22.5. The molecule has 1 aliphatic heterocycles. The zero-order chi connectivity index (χ0) is 46.8. The smallest absolute Gasteiger partial charge is 0.203 e. The minimum Gasteiger partial charge on any atom is -0.490 e. The van der Waals surface area contributed by atoms with Crippen molar-refractivity contribution in [3.63, 3.8) is 0 Å². The first kappa shape index (κ1) is 55.3. The van der Waals surface area contributed by atoms with Gasteiger partial charge in [0.15, 0.2) is 11.5 Å². The predicted octanol–water partition coefficient (Wildman–Crippen LogP) is 21.3. The zero-order valence-electron chi connectivity index (χ0n) is 43.3. The molecule has 1 aliphatic rings. The number of hydrogen-bond acceptors (Lipinski definition) is 5. The average Bonchev–Trinajstić information content (AvgIpc) is 3.79. The highest BCUT2D eigenvalue weighted by atomic mass is 32.2. The van der Waals surface area contributed by atoms with Gasteiger partial charge >= 0.3 is 0 Å². The lowest BCUT2D eigenvalue weighted by molar-refractivity contribution is 0.234. The molecule has 1 aromatic heterocycles. The van der Waals surface area contributed by atoms with E-state index in [1.807, 2.05) is 11.3 Å². The summed E-state index contributed by atoms with van der Waals surface area (Å²) < 4.78 is 21.8. The number of benzene rings is 3. The molecule has 0 saturated heterocycles. The molecule has 0 saturated carbocycles. The Balaban J connectivity index is 1.29. The van der Waals surface area contributed by atoms with Crippen molar-refractivity contribution in [2.75, 3.05) is 25.6 Å². The van der Waals surface area contributed by atoms with Crippen LogP contribution in [0.2, 0.25) is 0 Å². The molecular formula is C62H96O3S2. The van der Waals surface area contributed by atoms with Crippen LogP contribution in [0.15, 0.2) is 58.8 Å². The SMILES string of the molecule is CCCCCCCCCCCCOc1cc(-c2ccc3cc(-c4cc5c(s4)SCCCCCC5)ccc3c2)cc(OCCCCCCCCCCCC)c1OCCCCCCCCCCCC. The lowest BCUT2D eigenvalue weighted by Gasteiger charge is -2.19. The molecule has 0 spiro atoms. The number of hydrogen-bond donors (Lipinski definition) is 0. The number of unbranched alkanes of at least 4 members (excludes halogenated alkanes) is 27. The molecule has 2 heterocycles. The summed E-state index contributed by atoms with van der Waals surface area (Å²) in [5.74, 6) is 3.74. The number of thiophene rings is 1. The molecule has 0 fully saturated rings. The summed E-state index contributed by atoms with van der Waals surface area (Å²) in [6.07, 6.45) is 46.1. The topological polar surface area (TPSA) is 27.7 Å². The van der Waals surface area contributed by atoms with Gasteiger partial charge in [0, 0.05) is 4.88 Å². The van der Waals surface area contributed by atoms with Crippen LogP contribution < -0.4 is 14.2 Å². The van der Waals surface area contributed by atoms with Crippen LogP contribution in [0.5, 0.6) is 17.2 Å². The Morgan fingerprint density at radius 2 is 0.806 bits per heavy atom. The average molecular weight is 954 g/mol. The van der Waals surface area contributed by atoms with Gasteiger partial charge in [0.2, 0.25) is 5.75 Å². The minimum absolute atomic E-state index is 0.698. The highest BCUT2D eigenvalue weighted by molar-refractivity contribution is 8.01. The monoisotopic (exact) mass is 953 g/mol. The molecule has 67 heavy (non-hydrogen) atoms. The van der Waals surface area contributed by atoms with Crippen molar-refractivity contribution in [2.24, 2.45) is 0 Å². The third-order valence-corrected chi connectivity index (χ3v) is 16.7. The third-order valence-electron chi connectivity index (χ3n) is 14.1. The second kappa shape index (κ2) is 35.5. The zero-order valence-corrected chi connectivity index (χ0v) is 44.9. The number of rotatable bonds is 38. The summed E-state index contributed by atoms with van der Waals surface area (Å²) in [7, 11) is 0. The summed E-state index contributed by atoms with van der Waals surface area (Å²) in [4.78, 5) is 1.41. The van der Waals surface area contributed by atoms with Crippen LogP contribution in [-0.4, -0.2) is 25.6 Å². The molecule has 0 N–H and O–H groups in total. The first-order chi connectivity index (χ1) is 33.2. The molecule has 0 aliphatic carbocycles. The van der Waals surface area contributed by atoms with Gasteiger partial charge in [-0.2, -0.15) is 0 Å². The van der Waals surface area contributed by atoms with Crippen LogP contribution in [0.3, 0.4) is 0 Å². The normalized spacial score (nSPS) is 13.1. The van der Waals surface area contributed by atoms with Gasteiger partial charge in [0.1, 0.15) is 0 Å². The summed E-state index contributed by atoms with van der Waals surface area (Å²) in [6.45, 7) is 9.01. The number of fused-ring (bicyclic) bond motifs is 2. The summed E-state index contributed by atoms with van der Waals surface area (Å²) in [5.41, 5.74) is 5.24. The van der Waals surface area contributed by atoms with Gasteiger partial charge in [0.25, 0.3) is 0 Å². The third kappa shape index (κ3) is 21.9. The van der Waals surface area contributed by atoms with Gasteiger partial charge in [-0.15, -0.1) is 23.1 Å². The standard InChI is InChI=1S/C62H96O3S2/c1-4-7-10-13-16-19-22-25-29-34-43-63-58-49-57(54-40-39-53-48-55(42-41-52(53)47-54)60-51-56-38-33-28-32-37-46-66-62(56)67-60)50-59(64-44-35-30-26-23-20-17-14-11-8-5-2)61(58)65-45-36-31-27-24-21-18-15-12-9-6-3/h39-42,47-51H,4-38,43-46H2,1-3H3. The fourth-order valence-electron chi connectivity index (χ4n) is 9.77. The van der Waals surface area contributed by atoms with Crippen molar-refractivity contribution in [2.45, 2.75) is 250 Å². The van der Waals surface area contributed by atoms with E-state index >= 15 is 0 Å². The van der Waals surface area contributed by atoms with E-state index in [1.165, 1.54) is 238 Å². The van der Waals surface area contributed by atoms with Gasteiger partial charge in [-0.3, -0.25) is 0 Å². The molecule has 0 unspecified atom stereocenters. The van der Waals surface area contributed by atoms with E-state index in [1.54, 1.807) is 9.77 Å². The number of ether oxygens (including phenoxy) is 3. The van der Waals surface area contributed by atoms with Gasteiger partial charge in [-0.05, 0) is 108 Å². The summed E-state index contributed by atoms with van der Waals surface area (Å²) in [5, 5.41) is 2.56. The van der Waals surface area contributed by atoms with Crippen molar-refractivity contribution in [3.8, 4) is 38.8 Å². The lowest BCUT2D eigenvalue weighted by Crippen LogP contribution is -2.07. The van der Waals surface area contributed by atoms with Gasteiger partial charge in [-0.25, -0.2) is 0 Å². The van der Waals surface area contributed by atoms with Crippen molar-refractivity contribution < 1.29 is 14.2 Å².